The van der Waals surface area contributed by atoms with E-state index in [2.05, 4.69) is 5.32 Å². The molecule has 0 unspecified atom stereocenters. The zero-order valence-electron chi connectivity index (χ0n) is 27.2. The van der Waals surface area contributed by atoms with E-state index >= 15 is 0 Å². The first-order valence-corrected chi connectivity index (χ1v) is 15.6. The first kappa shape index (κ1) is 35.5. The highest BCUT2D eigenvalue weighted by molar-refractivity contribution is 6.30. The minimum absolute atomic E-state index is 0.162. The molecule has 1 aliphatic rings. The topological polar surface area (TPSA) is 133 Å². The predicted molar refractivity (Wildman–Crippen MR) is 176 cm³/mol. The van der Waals surface area contributed by atoms with E-state index in [1.54, 1.807) is 59.5 Å². The molecule has 47 heavy (non-hydrogen) atoms. The second-order valence-corrected chi connectivity index (χ2v) is 12.2. The van der Waals surface area contributed by atoms with E-state index in [9.17, 15) is 19.5 Å². The Bertz CT molecular complexity index is 1580. The molecule has 0 aromatic heterocycles. The van der Waals surface area contributed by atoms with Crippen molar-refractivity contribution in [3.63, 3.8) is 0 Å². The van der Waals surface area contributed by atoms with Crippen LogP contribution < -0.4 is 24.4 Å². The summed E-state index contributed by atoms with van der Waals surface area (Å²) >= 11 is 6.48. The van der Waals surface area contributed by atoms with Gasteiger partial charge in [-0.25, -0.2) is 4.79 Å². The predicted octanol–water partition coefficient (Wildman–Crippen LogP) is 4.96. The lowest BCUT2D eigenvalue weighted by atomic mass is 9.92. The number of rotatable bonds is 14. The van der Waals surface area contributed by atoms with Gasteiger partial charge >= 0.3 is 5.97 Å². The highest BCUT2D eigenvalue weighted by Crippen LogP contribution is 2.45. The number of aliphatic hydroxyl groups excluding tert-OH is 1. The van der Waals surface area contributed by atoms with Crippen molar-refractivity contribution in [3.8, 4) is 17.2 Å². The van der Waals surface area contributed by atoms with Gasteiger partial charge < -0.3 is 39.0 Å². The van der Waals surface area contributed by atoms with Crippen molar-refractivity contribution in [1.29, 1.82) is 0 Å². The van der Waals surface area contributed by atoms with Crippen LogP contribution in [0.25, 0.3) is 0 Å². The number of carbonyl (C=O) groups is 3. The Kier molecular flexibility index (Phi) is 12.1. The van der Waals surface area contributed by atoms with Crippen molar-refractivity contribution in [2.75, 3.05) is 52.5 Å². The van der Waals surface area contributed by atoms with Gasteiger partial charge in [0.15, 0.2) is 11.5 Å². The van der Waals surface area contributed by atoms with Crippen LogP contribution in [-0.2, 0) is 19.1 Å². The van der Waals surface area contributed by atoms with Gasteiger partial charge in [0.05, 0.1) is 39.9 Å². The lowest BCUT2D eigenvalue weighted by Crippen LogP contribution is -2.46. The second-order valence-electron chi connectivity index (χ2n) is 11.8. The van der Waals surface area contributed by atoms with E-state index < -0.39 is 35.4 Å². The number of benzene rings is 3. The zero-order valence-corrected chi connectivity index (χ0v) is 28.0. The van der Waals surface area contributed by atoms with E-state index in [0.29, 0.717) is 51.1 Å². The van der Waals surface area contributed by atoms with Gasteiger partial charge in [0, 0.05) is 46.9 Å². The Morgan fingerprint density at radius 1 is 1.02 bits per heavy atom. The standard InChI is InChI=1S/C35H41ClN2O9/c1-35(2,21-39)20-38-27-14-13-23(36)18-26(27)31(25-11-7-12-28(43-3)32(25)44-4)47-29(33(38)41)19-30(40)37-15-8-16-46-24-10-6-9-22(17-24)34(42)45-5/h6-7,9-14,17-18,29,31,39H,8,15-16,19-21H2,1-5H3,(H,37,40)/t29-,31-/m1/s1. The first-order valence-electron chi connectivity index (χ1n) is 15.2. The molecule has 0 radical (unpaired) electrons. The minimum atomic E-state index is -1.19. The summed E-state index contributed by atoms with van der Waals surface area (Å²) in [6.45, 7) is 4.24. The Balaban J connectivity index is 1.56. The second kappa shape index (κ2) is 16.0. The van der Waals surface area contributed by atoms with Gasteiger partial charge in [-0.3, -0.25) is 9.59 Å². The number of halogens is 1. The summed E-state index contributed by atoms with van der Waals surface area (Å²) < 4.78 is 28.3. The van der Waals surface area contributed by atoms with Crippen molar-refractivity contribution in [1.82, 2.24) is 5.32 Å². The number of hydrogen-bond acceptors (Lipinski definition) is 9. The van der Waals surface area contributed by atoms with Gasteiger partial charge in [0.25, 0.3) is 5.91 Å². The smallest absolute Gasteiger partial charge is 0.337 e. The number of ether oxygens (including phenoxy) is 5. The maximum absolute atomic E-state index is 14.2. The van der Waals surface area contributed by atoms with Gasteiger partial charge in [-0.15, -0.1) is 0 Å². The normalized spacial score (nSPS) is 16.1. The average Bonchev–Trinajstić information content (AvgIpc) is 3.17. The largest absolute Gasteiger partial charge is 0.494 e. The maximum Gasteiger partial charge on any atom is 0.337 e. The molecule has 2 amide bonds. The molecular formula is C35H41ClN2O9. The van der Waals surface area contributed by atoms with Crippen molar-refractivity contribution in [2.45, 2.75) is 38.9 Å². The fourth-order valence-corrected chi connectivity index (χ4v) is 5.45. The van der Waals surface area contributed by atoms with Crippen molar-refractivity contribution in [3.05, 3.63) is 82.4 Å². The van der Waals surface area contributed by atoms with E-state index in [4.69, 9.17) is 35.3 Å². The van der Waals surface area contributed by atoms with Crippen LogP contribution in [0.3, 0.4) is 0 Å². The molecule has 1 heterocycles. The van der Waals surface area contributed by atoms with Gasteiger partial charge in [0.2, 0.25) is 5.91 Å². The van der Waals surface area contributed by atoms with Crippen molar-refractivity contribution in [2.24, 2.45) is 5.41 Å². The lowest BCUT2D eigenvalue weighted by Gasteiger charge is -2.32. The molecule has 2 N–H and O–H groups in total. The highest BCUT2D eigenvalue weighted by atomic mass is 35.5. The van der Waals surface area contributed by atoms with Crippen molar-refractivity contribution >= 4 is 35.1 Å². The molecule has 3 aromatic rings. The number of esters is 1. The first-order chi connectivity index (χ1) is 22.5. The van der Waals surface area contributed by atoms with Crippen LogP contribution in [0.4, 0.5) is 5.69 Å². The molecule has 0 saturated heterocycles. The number of fused-ring (bicyclic) bond motifs is 1. The van der Waals surface area contributed by atoms with Gasteiger partial charge in [0.1, 0.15) is 18.0 Å². The van der Waals surface area contributed by atoms with Crippen LogP contribution >= 0.6 is 11.6 Å². The Morgan fingerprint density at radius 2 is 1.79 bits per heavy atom. The van der Waals surface area contributed by atoms with Crippen LogP contribution in [0.2, 0.25) is 5.02 Å². The van der Waals surface area contributed by atoms with Crippen LogP contribution in [0.5, 0.6) is 17.2 Å². The number of para-hydroxylation sites is 1. The highest BCUT2D eigenvalue weighted by Gasteiger charge is 2.40. The third kappa shape index (κ3) is 8.73. The van der Waals surface area contributed by atoms with E-state index in [0.717, 1.165) is 0 Å². The van der Waals surface area contributed by atoms with Crippen molar-refractivity contribution < 1.29 is 43.2 Å². The van der Waals surface area contributed by atoms with Gasteiger partial charge in [-0.2, -0.15) is 0 Å². The molecule has 0 spiro atoms. The van der Waals surface area contributed by atoms with Crippen LogP contribution in [0.1, 0.15) is 54.3 Å². The SMILES string of the molecule is COC(=O)c1cccc(OCCCNC(=O)C[C@H]2O[C@H](c3cccc(OC)c3OC)c3cc(Cl)ccc3N(CC(C)(C)CO)C2=O)c1. The summed E-state index contributed by atoms with van der Waals surface area (Å²) in [5.41, 5.74) is 1.44. The maximum atomic E-state index is 14.2. The molecule has 0 fully saturated rings. The Labute approximate surface area is 279 Å². The summed E-state index contributed by atoms with van der Waals surface area (Å²) in [6.07, 6.45) is -1.83. The van der Waals surface area contributed by atoms with E-state index in [1.807, 2.05) is 19.9 Å². The molecule has 1 aliphatic heterocycles. The molecule has 2 atom stereocenters. The van der Waals surface area contributed by atoms with Crippen LogP contribution in [0.15, 0.2) is 60.7 Å². The molecule has 0 bridgehead atoms. The van der Waals surface area contributed by atoms with E-state index in [1.165, 1.54) is 21.3 Å². The number of nitrogens with one attached hydrogen (secondary N) is 1. The lowest BCUT2D eigenvalue weighted by molar-refractivity contribution is -0.138. The third-order valence-electron chi connectivity index (χ3n) is 7.67. The zero-order chi connectivity index (χ0) is 34.1. The molecule has 252 valence electrons. The molecular weight excluding hydrogens is 628 g/mol. The number of hydrogen-bond donors (Lipinski definition) is 2. The quantitative estimate of drug-likeness (QED) is 0.181. The van der Waals surface area contributed by atoms with Gasteiger partial charge in [-0.05, 0) is 48.9 Å². The number of carbonyl (C=O) groups excluding carboxylic acids is 3. The Morgan fingerprint density at radius 3 is 2.49 bits per heavy atom. The van der Waals surface area contributed by atoms with Gasteiger partial charge in [-0.1, -0.05) is 43.6 Å². The fourth-order valence-electron chi connectivity index (χ4n) is 5.27. The summed E-state index contributed by atoms with van der Waals surface area (Å²) in [6, 6.07) is 17.2. The molecule has 0 aliphatic carbocycles. The molecule has 11 nitrogen and oxygen atoms in total. The van der Waals surface area contributed by atoms with Crippen LogP contribution in [-0.4, -0.2) is 76.6 Å². The Hall–Kier alpha value is -4.32. The fraction of sp³-hybridized carbons (Fsp3) is 0.400. The number of anilines is 1. The van der Waals surface area contributed by atoms with E-state index in [-0.39, 0.29) is 32.7 Å². The summed E-state index contributed by atoms with van der Waals surface area (Å²) in [7, 11) is 4.35. The number of methoxy groups -OCH3 is 3. The minimum Gasteiger partial charge on any atom is -0.494 e. The summed E-state index contributed by atoms with van der Waals surface area (Å²) in [5.74, 6) is 0.111. The van der Waals surface area contributed by atoms with Crippen LogP contribution in [0, 0.1) is 5.41 Å². The molecule has 0 saturated carbocycles. The third-order valence-corrected chi connectivity index (χ3v) is 7.91. The number of nitrogens with zero attached hydrogens (tertiary/aromatic N) is 1. The molecule has 12 heteroatoms. The number of aliphatic hydroxyl groups is 1. The summed E-state index contributed by atoms with van der Waals surface area (Å²) in [5, 5.41) is 13.4. The monoisotopic (exact) mass is 668 g/mol. The average molecular weight is 669 g/mol. The molecule has 3 aromatic carbocycles. The molecule has 4 rings (SSSR count). The number of amides is 2. The summed E-state index contributed by atoms with van der Waals surface area (Å²) in [4.78, 5) is 40.8.